The van der Waals surface area contributed by atoms with E-state index in [-0.39, 0.29) is 5.56 Å². The van der Waals surface area contributed by atoms with Crippen LogP contribution in [0.25, 0.3) is 0 Å². The first-order chi connectivity index (χ1) is 7.15. The Morgan fingerprint density at radius 1 is 1.60 bits per heavy atom. The minimum absolute atomic E-state index is 0.257. The fourth-order valence-corrected chi connectivity index (χ4v) is 1.19. The second-order valence-electron chi connectivity index (χ2n) is 2.96. The van der Waals surface area contributed by atoms with Gasteiger partial charge in [-0.1, -0.05) is 11.6 Å². The van der Waals surface area contributed by atoms with Gasteiger partial charge in [0.25, 0.3) is 0 Å². The Balaban J connectivity index is 2.79. The van der Waals surface area contributed by atoms with Crippen molar-refractivity contribution < 1.29 is 14.6 Å². The third-order valence-corrected chi connectivity index (χ3v) is 2.02. The highest BCUT2D eigenvalue weighted by Crippen LogP contribution is 2.19. The van der Waals surface area contributed by atoms with Crippen LogP contribution in [0.15, 0.2) is 29.8 Å². The van der Waals surface area contributed by atoms with Crippen LogP contribution in [0.4, 0.5) is 0 Å². The largest absolute Gasteiger partial charge is 0.489 e. The van der Waals surface area contributed by atoms with E-state index in [1.54, 1.807) is 25.1 Å². The highest BCUT2D eigenvalue weighted by molar-refractivity contribution is 6.25. The van der Waals surface area contributed by atoms with Crippen LogP contribution in [0.3, 0.4) is 0 Å². The number of carbonyl (C=O) groups is 1. The average molecular weight is 227 g/mol. The molecule has 0 saturated heterocycles. The van der Waals surface area contributed by atoms with Gasteiger partial charge in [0.05, 0.1) is 5.56 Å². The summed E-state index contributed by atoms with van der Waals surface area (Å²) in [5.74, 6) is -0.278. The van der Waals surface area contributed by atoms with Gasteiger partial charge in [0, 0.05) is 5.54 Å². The molecule has 80 valence electrons. The van der Waals surface area contributed by atoms with Crippen LogP contribution in [0.5, 0.6) is 5.75 Å². The number of halogens is 1. The lowest BCUT2D eigenvalue weighted by atomic mass is 10.1. The van der Waals surface area contributed by atoms with Crippen LogP contribution in [0, 0.1) is 6.92 Å². The molecule has 0 aliphatic carbocycles. The average Bonchev–Trinajstić information content (AvgIpc) is 2.20. The van der Waals surface area contributed by atoms with Crippen LogP contribution < -0.4 is 4.74 Å². The zero-order chi connectivity index (χ0) is 11.3. The summed E-state index contributed by atoms with van der Waals surface area (Å²) < 4.78 is 5.35. The number of rotatable bonds is 4. The van der Waals surface area contributed by atoms with Crippen molar-refractivity contribution in [1.29, 1.82) is 0 Å². The molecule has 15 heavy (non-hydrogen) atoms. The van der Waals surface area contributed by atoms with Gasteiger partial charge in [-0.2, -0.15) is 0 Å². The van der Waals surface area contributed by atoms with Crippen LogP contribution in [0.2, 0.25) is 0 Å². The smallest absolute Gasteiger partial charge is 0.335 e. The first-order valence-corrected chi connectivity index (χ1v) is 4.80. The van der Waals surface area contributed by atoms with Crippen molar-refractivity contribution in [2.45, 2.75) is 6.92 Å². The summed E-state index contributed by atoms with van der Waals surface area (Å²) in [7, 11) is 0. The second-order valence-corrected chi connectivity index (χ2v) is 3.21. The summed E-state index contributed by atoms with van der Waals surface area (Å²) in [6.07, 6.45) is 1.66. The maximum atomic E-state index is 10.7. The quantitative estimate of drug-likeness (QED) is 0.859. The summed E-state index contributed by atoms with van der Waals surface area (Å²) in [4.78, 5) is 10.7. The summed E-state index contributed by atoms with van der Waals surface area (Å²) in [5.41, 5.74) is 2.42. The van der Waals surface area contributed by atoms with Gasteiger partial charge in [0.1, 0.15) is 12.4 Å². The molecule has 0 aliphatic heterocycles. The summed E-state index contributed by atoms with van der Waals surface area (Å²) >= 11 is 5.34. The molecule has 3 nitrogen and oxygen atoms in total. The Hall–Kier alpha value is -1.48. The molecule has 0 spiro atoms. The standard InChI is InChI=1S/C11H11ClO3/c1-8-7-9(11(13)14)3-4-10(8)15-6-2-5-12/h2-5,7H,6H2,1H3,(H,13,14)/b5-2+. The molecule has 0 radical (unpaired) electrons. The highest BCUT2D eigenvalue weighted by Gasteiger charge is 2.05. The number of benzene rings is 1. The van der Waals surface area contributed by atoms with E-state index in [9.17, 15) is 4.79 Å². The van der Waals surface area contributed by atoms with Crippen LogP contribution in [0.1, 0.15) is 15.9 Å². The Morgan fingerprint density at radius 3 is 2.87 bits per heavy atom. The van der Waals surface area contributed by atoms with Gasteiger partial charge < -0.3 is 9.84 Å². The molecule has 1 aromatic rings. The van der Waals surface area contributed by atoms with Crippen molar-refractivity contribution in [3.63, 3.8) is 0 Å². The van der Waals surface area contributed by atoms with Gasteiger partial charge in [-0.25, -0.2) is 4.79 Å². The fourth-order valence-electron chi connectivity index (χ4n) is 1.12. The number of carboxylic acids is 1. The van der Waals surface area contributed by atoms with Crippen molar-refractivity contribution in [3.05, 3.63) is 40.9 Å². The van der Waals surface area contributed by atoms with Crippen LogP contribution >= 0.6 is 11.6 Å². The van der Waals surface area contributed by atoms with Gasteiger partial charge in [-0.05, 0) is 36.8 Å². The Morgan fingerprint density at radius 2 is 2.33 bits per heavy atom. The van der Waals surface area contributed by atoms with Gasteiger partial charge in [0.15, 0.2) is 0 Å². The van der Waals surface area contributed by atoms with Crippen molar-refractivity contribution in [2.24, 2.45) is 0 Å². The molecule has 0 aliphatic rings. The number of hydrogen-bond donors (Lipinski definition) is 1. The number of ether oxygens (including phenoxy) is 1. The molecule has 0 unspecified atom stereocenters. The lowest BCUT2D eigenvalue weighted by molar-refractivity contribution is 0.0696. The predicted octanol–water partition coefficient (Wildman–Crippen LogP) is 2.82. The molecular weight excluding hydrogens is 216 g/mol. The van der Waals surface area contributed by atoms with E-state index in [2.05, 4.69) is 0 Å². The Labute approximate surface area is 92.9 Å². The van der Waals surface area contributed by atoms with Crippen molar-refractivity contribution in [1.82, 2.24) is 0 Å². The van der Waals surface area contributed by atoms with Crippen LogP contribution in [-0.4, -0.2) is 17.7 Å². The monoisotopic (exact) mass is 226 g/mol. The normalized spacial score (nSPS) is 10.5. The van der Waals surface area contributed by atoms with Gasteiger partial charge in [-0.3, -0.25) is 0 Å². The van der Waals surface area contributed by atoms with Crippen molar-refractivity contribution in [3.8, 4) is 5.75 Å². The maximum absolute atomic E-state index is 10.7. The molecule has 4 heteroatoms. The van der Waals surface area contributed by atoms with E-state index < -0.39 is 5.97 Å². The number of aryl methyl sites for hydroxylation is 1. The molecule has 0 aromatic heterocycles. The van der Waals surface area contributed by atoms with E-state index in [4.69, 9.17) is 21.4 Å². The van der Waals surface area contributed by atoms with Crippen molar-refractivity contribution in [2.75, 3.05) is 6.61 Å². The minimum atomic E-state index is -0.940. The SMILES string of the molecule is Cc1cc(C(=O)O)ccc1OC/C=C/Cl. The number of aromatic carboxylic acids is 1. The Bertz CT molecular complexity index is 385. The predicted molar refractivity (Wildman–Crippen MR) is 58.6 cm³/mol. The maximum Gasteiger partial charge on any atom is 0.335 e. The van der Waals surface area contributed by atoms with Crippen LogP contribution in [-0.2, 0) is 0 Å². The fraction of sp³-hybridized carbons (Fsp3) is 0.182. The van der Waals surface area contributed by atoms with Gasteiger partial charge >= 0.3 is 5.97 Å². The molecule has 1 rings (SSSR count). The minimum Gasteiger partial charge on any atom is -0.489 e. The van der Waals surface area contributed by atoms with E-state index in [0.717, 1.165) is 5.56 Å². The van der Waals surface area contributed by atoms with Gasteiger partial charge in [0.2, 0.25) is 0 Å². The second kappa shape index (κ2) is 5.41. The first-order valence-electron chi connectivity index (χ1n) is 4.37. The van der Waals surface area contributed by atoms with Gasteiger partial charge in [-0.15, -0.1) is 0 Å². The van der Waals surface area contributed by atoms with Crippen molar-refractivity contribution >= 4 is 17.6 Å². The topological polar surface area (TPSA) is 46.5 Å². The summed E-state index contributed by atoms with van der Waals surface area (Å²) in [6.45, 7) is 2.17. The molecule has 0 bridgehead atoms. The molecule has 0 fully saturated rings. The van der Waals surface area contributed by atoms with E-state index in [1.807, 2.05) is 0 Å². The molecule has 1 aromatic carbocycles. The number of hydrogen-bond acceptors (Lipinski definition) is 2. The third kappa shape index (κ3) is 3.29. The molecular formula is C11H11ClO3. The third-order valence-electron chi connectivity index (χ3n) is 1.85. The summed E-state index contributed by atoms with van der Waals surface area (Å²) in [6, 6.07) is 4.72. The summed E-state index contributed by atoms with van der Waals surface area (Å²) in [5, 5.41) is 8.74. The van der Waals surface area contributed by atoms with E-state index >= 15 is 0 Å². The molecule has 1 N–H and O–H groups in total. The molecule has 0 atom stereocenters. The van der Waals surface area contributed by atoms with E-state index in [0.29, 0.717) is 12.4 Å². The van der Waals surface area contributed by atoms with E-state index in [1.165, 1.54) is 11.6 Å². The zero-order valence-corrected chi connectivity index (χ0v) is 8.99. The molecule has 0 saturated carbocycles. The highest BCUT2D eigenvalue weighted by atomic mass is 35.5. The Kier molecular flexibility index (Phi) is 4.18. The molecule has 0 heterocycles. The zero-order valence-electron chi connectivity index (χ0n) is 8.24. The lowest BCUT2D eigenvalue weighted by Gasteiger charge is -2.07. The lowest BCUT2D eigenvalue weighted by Crippen LogP contribution is -1.99. The first kappa shape index (κ1) is 11.6. The number of carboxylic acid groups (broad SMARTS) is 1. The molecule has 0 amide bonds.